The van der Waals surface area contributed by atoms with Gasteiger partial charge in [-0.05, 0) is 56.7 Å². The van der Waals surface area contributed by atoms with E-state index in [1.807, 2.05) is 17.0 Å². The van der Waals surface area contributed by atoms with Gasteiger partial charge >= 0.3 is 0 Å². The Balaban J connectivity index is 1.33. The molecule has 1 atom stereocenters. The van der Waals surface area contributed by atoms with Crippen LogP contribution >= 0.6 is 0 Å². The largest absolute Gasteiger partial charge is 0.396 e. The molecule has 1 aromatic heterocycles. The minimum atomic E-state index is 0.0566. The SMILES string of the molecule is O=C(c1ccccn1)N1CCC(N2CCC[C@@](CO)(CC3CC3)C2)CC1. The summed E-state index contributed by atoms with van der Waals surface area (Å²) in [5, 5.41) is 10.1. The van der Waals surface area contributed by atoms with Crippen molar-refractivity contribution in [2.24, 2.45) is 11.3 Å². The van der Waals surface area contributed by atoms with Crippen LogP contribution in [-0.4, -0.2) is 64.6 Å². The Morgan fingerprint density at radius 3 is 2.65 bits per heavy atom. The molecule has 3 aliphatic rings. The summed E-state index contributed by atoms with van der Waals surface area (Å²) in [7, 11) is 0. The lowest BCUT2D eigenvalue weighted by molar-refractivity contribution is -0.00966. The van der Waals surface area contributed by atoms with E-state index in [1.54, 1.807) is 12.3 Å². The van der Waals surface area contributed by atoms with Crippen molar-refractivity contribution >= 4 is 5.91 Å². The molecule has 0 spiro atoms. The number of aromatic nitrogens is 1. The number of likely N-dealkylation sites (tertiary alicyclic amines) is 2. The first kappa shape index (κ1) is 17.9. The van der Waals surface area contributed by atoms with Crippen molar-refractivity contribution in [1.82, 2.24) is 14.8 Å². The van der Waals surface area contributed by atoms with Crippen LogP contribution in [-0.2, 0) is 0 Å². The van der Waals surface area contributed by atoms with Crippen LogP contribution in [0.4, 0.5) is 0 Å². The highest BCUT2D eigenvalue weighted by atomic mass is 16.3. The second-order valence-corrected chi connectivity index (χ2v) is 8.62. The molecule has 5 nitrogen and oxygen atoms in total. The van der Waals surface area contributed by atoms with Gasteiger partial charge in [-0.3, -0.25) is 14.7 Å². The molecular formula is C21H31N3O2. The van der Waals surface area contributed by atoms with Crippen LogP contribution < -0.4 is 0 Å². The highest BCUT2D eigenvalue weighted by Gasteiger charge is 2.41. The molecule has 0 aromatic carbocycles. The molecule has 1 saturated carbocycles. The lowest BCUT2D eigenvalue weighted by Gasteiger charge is -2.47. The summed E-state index contributed by atoms with van der Waals surface area (Å²) < 4.78 is 0. The van der Waals surface area contributed by atoms with Gasteiger partial charge in [0.1, 0.15) is 5.69 Å². The Kier molecular flexibility index (Phi) is 5.28. The van der Waals surface area contributed by atoms with Gasteiger partial charge in [0, 0.05) is 43.9 Å². The molecule has 1 N–H and O–H groups in total. The van der Waals surface area contributed by atoms with Crippen molar-refractivity contribution in [2.75, 3.05) is 32.8 Å². The third-order valence-corrected chi connectivity index (χ3v) is 6.60. The lowest BCUT2D eigenvalue weighted by atomic mass is 9.75. The predicted octanol–water partition coefficient (Wildman–Crippen LogP) is 2.56. The van der Waals surface area contributed by atoms with Gasteiger partial charge in [0.2, 0.25) is 0 Å². The maximum Gasteiger partial charge on any atom is 0.272 e. The minimum absolute atomic E-state index is 0.0566. The monoisotopic (exact) mass is 357 g/mol. The number of nitrogens with zero attached hydrogens (tertiary/aromatic N) is 3. The maximum atomic E-state index is 12.6. The molecule has 0 radical (unpaired) electrons. The van der Waals surface area contributed by atoms with Gasteiger partial charge in [-0.1, -0.05) is 18.9 Å². The summed E-state index contributed by atoms with van der Waals surface area (Å²) in [5.41, 5.74) is 0.674. The quantitative estimate of drug-likeness (QED) is 0.880. The Morgan fingerprint density at radius 1 is 1.19 bits per heavy atom. The van der Waals surface area contributed by atoms with E-state index in [2.05, 4.69) is 9.88 Å². The van der Waals surface area contributed by atoms with Crippen LogP contribution in [0.2, 0.25) is 0 Å². The van der Waals surface area contributed by atoms with Crippen LogP contribution in [0.25, 0.3) is 0 Å². The average molecular weight is 357 g/mol. The Bertz CT molecular complexity index is 611. The number of pyridine rings is 1. The van der Waals surface area contributed by atoms with Crippen molar-refractivity contribution in [3.63, 3.8) is 0 Å². The molecule has 1 aliphatic carbocycles. The smallest absolute Gasteiger partial charge is 0.272 e. The predicted molar refractivity (Wildman–Crippen MR) is 101 cm³/mol. The highest BCUT2D eigenvalue weighted by molar-refractivity contribution is 5.92. The van der Waals surface area contributed by atoms with Crippen LogP contribution in [0.5, 0.6) is 0 Å². The summed E-state index contributed by atoms with van der Waals surface area (Å²) in [4.78, 5) is 21.3. The van der Waals surface area contributed by atoms with E-state index in [4.69, 9.17) is 0 Å². The molecule has 3 fully saturated rings. The average Bonchev–Trinajstić information content (AvgIpc) is 3.52. The molecule has 5 heteroatoms. The molecule has 4 rings (SSSR count). The van der Waals surface area contributed by atoms with Crippen LogP contribution in [0.15, 0.2) is 24.4 Å². The molecule has 1 aromatic rings. The van der Waals surface area contributed by atoms with Gasteiger partial charge in [-0.15, -0.1) is 0 Å². The summed E-state index contributed by atoms with van der Waals surface area (Å²) in [6, 6.07) is 6.06. The number of amides is 1. The molecule has 3 heterocycles. The Morgan fingerprint density at radius 2 is 2.00 bits per heavy atom. The first-order valence-electron chi connectivity index (χ1n) is 10.2. The number of aliphatic hydroxyl groups excluding tert-OH is 1. The molecular weight excluding hydrogens is 326 g/mol. The third-order valence-electron chi connectivity index (χ3n) is 6.60. The van der Waals surface area contributed by atoms with E-state index < -0.39 is 0 Å². The van der Waals surface area contributed by atoms with E-state index in [1.165, 1.54) is 32.1 Å². The van der Waals surface area contributed by atoms with Crippen molar-refractivity contribution in [3.05, 3.63) is 30.1 Å². The van der Waals surface area contributed by atoms with Gasteiger partial charge in [-0.2, -0.15) is 0 Å². The molecule has 142 valence electrons. The number of carbonyl (C=O) groups is 1. The normalized spacial score (nSPS) is 28.3. The van der Waals surface area contributed by atoms with Gasteiger partial charge in [-0.25, -0.2) is 0 Å². The van der Waals surface area contributed by atoms with Crippen LogP contribution in [0.1, 0.15) is 55.4 Å². The zero-order chi connectivity index (χ0) is 18.0. The first-order chi connectivity index (χ1) is 12.7. The maximum absolute atomic E-state index is 12.6. The molecule has 2 saturated heterocycles. The van der Waals surface area contributed by atoms with E-state index in [0.29, 0.717) is 18.3 Å². The highest BCUT2D eigenvalue weighted by Crippen LogP contribution is 2.45. The number of hydrogen-bond donors (Lipinski definition) is 1. The van der Waals surface area contributed by atoms with Crippen molar-refractivity contribution in [3.8, 4) is 0 Å². The summed E-state index contributed by atoms with van der Waals surface area (Å²) in [6.07, 6.45) is 10.0. The van der Waals surface area contributed by atoms with Crippen LogP contribution in [0, 0.1) is 11.3 Å². The van der Waals surface area contributed by atoms with Gasteiger partial charge in [0.05, 0.1) is 0 Å². The third kappa shape index (κ3) is 3.94. The molecule has 1 amide bonds. The number of hydrogen-bond acceptors (Lipinski definition) is 4. The Labute approximate surface area is 156 Å². The van der Waals surface area contributed by atoms with Crippen LogP contribution in [0.3, 0.4) is 0 Å². The Hall–Kier alpha value is -1.46. The second-order valence-electron chi connectivity index (χ2n) is 8.62. The number of carbonyl (C=O) groups excluding carboxylic acids is 1. The minimum Gasteiger partial charge on any atom is -0.396 e. The van der Waals surface area contributed by atoms with Gasteiger partial charge in [0.25, 0.3) is 5.91 Å². The topological polar surface area (TPSA) is 56.7 Å². The fourth-order valence-electron chi connectivity index (χ4n) is 4.94. The molecule has 26 heavy (non-hydrogen) atoms. The zero-order valence-electron chi connectivity index (χ0n) is 15.6. The summed E-state index contributed by atoms with van der Waals surface area (Å²) >= 11 is 0. The van der Waals surface area contributed by atoms with E-state index in [9.17, 15) is 9.90 Å². The van der Waals surface area contributed by atoms with Crippen molar-refractivity contribution in [1.29, 1.82) is 0 Å². The van der Waals surface area contributed by atoms with E-state index in [-0.39, 0.29) is 11.3 Å². The zero-order valence-corrected chi connectivity index (χ0v) is 15.6. The van der Waals surface area contributed by atoms with Gasteiger partial charge in [0.15, 0.2) is 0 Å². The summed E-state index contributed by atoms with van der Waals surface area (Å²) in [5.74, 6) is 0.918. The summed E-state index contributed by atoms with van der Waals surface area (Å²) in [6.45, 7) is 4.14. The van der Waals surface area contributed by atoms with E-state index >= 15 is 0 Å². The molecule has 0 bridgehead atoms. The number of rotatable bonds is 5. The number of aliphatic hydroxyl groups is 1. The molecule has 0 unspecified atom stereocenters. The van der Waals surface area contributed by atoms with Crippen molar-refractivity contribution < 1.29 is 9.90 Å². The lowest BCUT2D eigenvalue weighted by Crippen LogP contribution is -2.53. The van der Waals surface area contributed by atoms with Gasteiger partial charge < -0.3 is 10.0 Å². The van der Waals surface area contributed by atoms with Crippen molar-refractivity contribution in [2.45, 2.75) is 51.0 Å². The fourth-order valence-corrected chi connectivity index (χ4v) is 4.94. The molecule has 2 aliphatic heterocycles. The fraction of sp³-hybridized carbons (Fsp3) is 0.714. The van der Waals surface area contributed by atoms with E-state index in [0.717, 1.165) is 44.9 Å². The number of piperidine rings is 2. The standard InChI is InChI=1S/C21H31N3O2/c25-16-21(14-17-5-6-17)9-3-11-24(15-21)18-7-12-23(13-8-18)20(26)19-4-1-2-10-22-19/h1-2,4,10,17-18,25H,3,5-9,11-16H2/t21-/m1/s1. The second kappa shape index (κ2) is 7.65. The first-order valence-corrected chi connectivity index (χ1v) is 10.2.